The lowest BCUT2D eigenvalue weighted by Gasteiger charge is -2.34. The van der Waals surface area contributed by atoms with Crippen LogP contribution in [0.2, 0.25) is 0 Å². The Hall–Kier alpha value is -2.33. The van der Waals surface area contributed by atoms with Crippen LogP contribution < -0.4 is 0 Å². The Balaban J connectivity index is 1.96. The number of carbonyl (C=O) groups is 3. The fraction of sp³-hybridized carbons (Fsp3) is 0.591. The van der Waals surface area contributed by atoms with Gasteiger partial charge in [0.1, 0.15) is 6.61 Å². The van der Waals surface area contributed by atoms with Crippen LogP contribution in [0.3, 0.4) is 0 Å². The molecule has 0 aromatic heterocycles. The van der Waals surface area contributed by atoms with Gasteiger partial charge in [-0.1, -0.05) is 18.2 Å². The van der Waals surface area contributed by atoms with Crippen LogP contribution in [0.25, 0.3) is 0 Å². The van der Waals surface area contributed by atoms with E-state index in [1.807, 2.05) is 4.90 Å². The number of benzene rings is 1. The third kappa shape index (κ3) is 8.74. The standard InChI is InChI=1S/C22H31NO8/c1-27-14-15-30-20(25)9-8-18(23-10-12-29-13-11-23)19(24)16-21(28-2)31-22(26)17-6-4-3-5-7-17/h3-7,18,21H,8-16H2,1-2H3. The van der Waals surface area contributed by atoms with Crippen molar-refractivity contribution >= 4 is 17.7 Å². The Kier molecular flexibility index (Phi) is 11.2. The molecule has 9 heteroatoms. The minimum Gasteiger partial charge on any atom is -0.463 e. The normalized spacial score (nSPS) is 16.3. The van der Waals surface area contributed by atoms with Crippen molar-refractivity contribution in [3.63, 3.8) is 0 Å². The largest absolute Gasteiger partial charge is 0.463 e. The molecule has 1 aliphatic heterocycles. The zero-order valence-electron chi connectivity index (χ0n) is 18.1. The molecule has 0 radical (unpaired) electrons. The third-order valence-electron chi connectivity index (χ3n) is 4.91. The van der Waals surface area contributed by atoms with Gasteiger partial charge in [0.15, 0.2) is 5.78 Å². The first-order valence-electron chi connectivity index (χ1n) is 10.3. The van der Waals surface area contributed by atoms with E-state index in [2.05, 4.69) is 0 Å². The second-order valence-corrected chi connectivity index (χ2v) is 7.02. The van der Waals surface area contributed by atoms with Gasteiger partial charge in [-0.15, -0.1) is 0 Å². The van der Waals surface area contributed by atoms with E-state index in [0.717, 1.165) is 0 Å². The van der Waals surface area contributed by atoms with Gasteiger partial charge in [-0.25, -0.2) is 4.79 Å². The van der Waals surface area contributed by atoms with E-state index >= 15 is 0 Å². The number of hydrogen-bond acceptors (Lipinski definition) is 9. The summed E-state index contributed by atoms with van der Waals surface area (Å²) in [6.07, 6.45) is -0.736. The highest BCUT2D eigenvalue weighted by atomic mass is 16.7. The number of ether oxygens (including phenoxy) is 5. The average Bonchev–Trinajstić information content (AvgIpc) is 2.80. The molecule has 1 aromatic rings. The average molecular weight is 437 g/mol. The summed E-state index contributed by atoms with van der Waals surface area (Å²) in [5, 5.41) is 0. The van der Waals surface area contributed by atoms with Gasteiger partial charge in [0.05, 0.1) is 37.8 Å². The SMILES string of the molecule is COCCOC(=O)CCC(C(=O)CC(OC)OC(=O)c1ccccc1)N1CCOCC1. The van der Waals surface area contributed by atoms with E-state index in [0.29, 0.717) is 44.9 Å². The maximum Gasteiger partial charge on any atom is 0.340 e. The van der Waals surface area contributed by atoms with Gasteiger partial charge in [-0.3, -0.25) is 14.5 Å². The molecule has 1 heterocycles. The molecule has 2 atom stereocenters. The van der Waals surface area contributed by atoms with E-state index < -0.39 is 18.3 Å². The molecule has 2 rings (SSSR count). The first-order valence-corrected chi connectivity index (χ1v) is 10.3. The van der Waals surface area contributed by atoms with Crippen molar-refractivity contribution in [2.45, 2.75) is 31.6 Å². The minimum absolute atomic E-state index is 0.0962. The van der Waals surface area contributed by atoms with Crippen LogP contribution in [0.4, 0.5) is 0 Å². The summed E-state index contributed by atoms with van der Waals surface area (Å²) in [6.45, 7) is 2.68. The summed E-state index contributed by atoms with van der Waals surface area (Å²) in [5.74, 6) is -1.12. The number of methoxy groups -OCH3 is 2. The molecule has 1 fully saturated rings. The van der Waals surface area contributed by atoms with Crippen LogP contribution >= 0.6 is 0 Å². The summed E-state index contributed by atoms with van der Waals surface area (Å²) >= 11 is 0. The molecule has 2 unspecified atom stereocenters. The Labute approximate surface area is 182 Å². The summed E-state index contributed by atoms with van der Waals surface area (Å²) in [5.41, 5.74) is 0.375. The predicted molar refractivity (Wildman–Crippen MR) is 111 cm³/mol. The van der Waals surface area contributed by atoms with Crippen molar-refractivity contribution in [1.82, 2.24) is 4.90 Å². The smallest absolute Gasteiger partial charge is 0.340 e. The third-order valence-corrected chi connectivity index (χ3v) is 4.91. The molecule has 172 valence electrons. The molecule has 0 saturated carbocycles. The van der Waals surface area contributed by atoms with Gasteiger partial charge >= 0.3 is 11.9 Å². The topological polar surface area (TPSA) is 101 Å². The summed E-state index contributed by atoms with van der Waals surface area (Å²) in [4.78, 5) is 39.3. The monoisotopic (exact) mass is 437 g/mol. The van der Waals surface area contributed by atoms with Crippen LogP contribution in [-0.4, -0.2) is 88.7 Å². The Morgan fingerprint density at radius 2 is 1.77 bits per heavy atom. The number of Topliss-reactive ketones (excluding diaryl/α,β-unsaturated/α-hetero) is 1. The summed E-state index contributed by atoms with van der Waals surface area (Å²) in [7, 11) is 2.91. The molecule has 0 bridgehead atoms. The molecular formula is C22H31NO8. The molecule has 1 aliphatic rings. The maximum absolute atomic E-state index is 13.1. The lowest BCUT2D eigenvalue weighted by Crippen LogP contribution is -2.48. The fourth-order valence-electron chi connectivity index (χ4n) is 3.24. The maximum atomic E-state index is 13.1. The number of ketones is 1. The number of morpholine rings is 1. The highest BCUT2D eigenvalue weighted by Crippen LogP contribution is 2.16. The number of esters is 2. The van der Waals surface area contributed by atoms with Crippen molar-refractivity contribution in [2.75, 3.05) is 53.7 Å². The Morgan fingerprint density at radius 3 is 2.42 bits per heavy atom. The highest BCUT2D eigenvalue weighted by molar-refractivity contribution is 5.90. The molecule has 9 nitrogen and oxygen atoms in total. The lowest BCUT2D eigenvalue weighted by molar-refractivity contribution is -0.146. The van der Waals surface area contributed by atoms with Crippen molar-refractivity contribution in [2.24, 2.45) is 0 Å². The number of carbonyl (C=O) groups excluding carboxylic acids is 3. The summed E-state index contributed by atoms with van der Waals surface area (Å²) < 4.78 is 25.9. The highest BCUT2D eigenvalue weighted by Gasteiger charge is 2.31. The molecule has 1 saturated heterocycles. The molecule has 0 N–H and O–H groups in total. The van der Waals surface area contributed by atoms with E-state index in [9.17, 15) is 14.4 Å². The van der Waals surface area contributed by atoms with Crippen LogP contribution in [0.1, 0.15) is 29.6 Å². The van der Waals surface area contributed by atoms with E-state index in [4.69, 9.17) is 23.7 Å². The molecule has 0 amide bonds. The van der Waals surface area contributed by atoms with Crippen LogP contribution in [0.15, 0.2) is 30.3 Å². The Morgan fingerprint density at radius 1 is 1.06 bits per heavy atom. The number of nitrogens with zero attached hydrogens (tertiary/aromatic N) is 1. The molecule has 0 aliphatic carbocycles. The van der Waals surface area contributed by atoms with Crippen molar-refractivity contribution < 1.29 is 38.1 Å². The number of rotatable bonds is 13. The van der Waals surface area contributed by atoms with Gasteiger partial charge in [-0.05, 0) is 18.6 Å². The first-order chi connectivity index (χ1) is 15.0. The van der Waals surface area contributed by atoms with Crippen LogP contribution in [-0.2, 0) is 33.3 Å². The van der Waals surface area contributed by atoms with E-state index in [1.54, 1.807) is 30.3 Å². The molecule has 0 spiro atoms. The predicted octanol–water partition coefficient (Wildman–Crippen LogP) is 1.45. The quantitative estimate of drug-likeness (QED) is 0.258. The van der Waals surface area contributed by atoms with Crippen molar-refractivity contribution in [3.05, 3.63) is 35.9 Å². The summed E-state index contributed by atoms with van der Waals surface area (Å²) in [6, 6.07) is 7.98. The fourth-order valence-corrected chi connectivity index (χ4v) is 3.24. The second-order valence-electron chi connectivity index (χ2n) is 7.02. The lowest BCUT2D eigenvalue weighted by atomic mass is 10.0. The second kappa shape index (κ2) is 13.9. The molecule has 31 heavy (non-hydrogen) atoms. The van der Waals surface area contributed by atoms with Gasteiger partial charge in [-0.2, -0.15) is 0 Å². The minimum atomic E-state index is -1.02. The van der Waals surface area contributed by atoms with Gasteiger partial charge in [0.25, 0.3) is 0 Å². The van der Waals surface area contributed by atoms with Gasteiger partial charge in [0, 0.05) is 33.7 Å². The first kappa shape index (κ1) is 24.9. The van der Waals surface area contributed by atoms with E-state index in [1.165, 1.54) is 14.2 Å². The van der Waals surface area contributed by atoms with Crippen LogP contribution in [0, 0.1) is 0 Å². The van der Waals surface area contributed by atoms with Crippen LogP contribution in [0.5, 0.6) is 0 Å². The van der Waals surface area contributed by atoms with Crippen molar-refractivity contribution in [1.29, 1.82) is 0 Å². The van der Waals surface area contributed by atoms with Gasteiger partial charge < -0.3 is 23.7 Å². The van der Waals surface area contributed by atoms with Gasteiger partial charge in [0.2, 0.25) is 6.29 Å². The zero-order chi connectivity index (χ0) is 22.5. The Bertz CT molecular complexity index is 690. The molecular weight excluding hydrogens is 406 g/mol. The molecule has 1 aromatic carbocycles. The zero-order valence-corrected chi connectivity index (χ0v) is 18.1. The number of hydrogen-bond donors (Lipinski definition) is 0. The van der Waals surface area contributed by atoms with E-state index in [-0.39, 0.29) is 31.2 Å². The van der Waals surface area contributed by atoms with Crippen molar-refractivity contribution in [3.8, 4) is 0 Å².